The summed E-state index contributed by atoms with van der Waals surface area (Å²) in [4.78, 5) is 4.79. The Morgan fingerprint density at radius 3 is 2.92 bits per heavy atom. The van der Waals surface area contributed by atoms with Gasteiger partial charge in [0.05, 0.1) is 17.1 Å². The van der Waals surface area contributed by atoms with Crippen molar-refractivity contribution in [2.45, 2.75) is 40.0 Å². The van der Waals surface area contributed by atoms with E-state index in [0.717, 1.165) is 41.2 Å². The minimum atomic E-state index is 0.668. The van der Waals surface area contributed by atoms with Gasteiger partial charge in [0.25, 0.3) is 0 Å². The molecular formula is C18H23BN4S. The highest BCUT2D eigenvalue weighted by Gasteiger charge is 2.24. The third-order valence-corrected chi connectivity index (χ3v) is 5.11. The molecule has 1 heterocycles. The first-order valence-corrected chi connectivity index (χ1v) is 8.74. The minimum Gasteiger partial charge on any atom is -0.388 e. The Morgan fingerprint density at radius 1 is 1.46 bits per heavy atom. The molecular weight excluding hydrogens is 315 g/mol. The Morgan fingerprint density at radius 2 is 2.21 bits per heavy atom. The summed E-state index contributed by atoms with van der Waals surface area (Å²) in [5, 5.41) is 7.76. The second-order valence-electron chi connectivity index (χ2n) is 6.68. The van der Waals surface area contributed by atoms with Gasteiger partial charge in [-0.2, -0.15) is 5.10 Å². The van der Waals surface area contributed by atoms with E-state index in [-0.39, 0.29) is 0 Å². The van der Waals surface area contributed by atoms with Crippen LogP contribution in [-0.2, 0) is 12.8 Å². The molecule has 1 aliphatic carbocycles. The zero-order valence-corrected chi connectivity index (χ0v) is 15.6. The van der Waals surface area contributed by atoms with Crippen LogP contribution in [0, 0.1) is 12.8 Å². The van der Waals surface area contributed by atoms with E-state index in [1.807, 2.05) is 33.0 Å². The zero-order chi connectivity index (χ0) is 17.4. The first-order valence-electron chi connectivity index (χ1n) is 8.34. The molecule has 0 aliphatic heterocycles. The van der Waals surface area contributed by atoms with Crippen molar-refractivity contribution in [3.63, 3.8) is 0 Å². The molecule has 0 amide bonds. The van der Waals surface area contributed by atoms with Gasteiger partial charge < -0.3 is 5.32 Å². The first kappa shape index (κ1) is 17.1. The molecule has 124 valence electrons. The van der Waals surface area contributed by atoms with E-state index in [0.29, 0.717) is 11.4 Å². The van der Waals surface area contributed by atoms with Crippen molar-refractivity contribution in [2.24, 2.45) is 10.9 Å². The largest absolute Gasteiger partial charge is 0.388 e. The number of anilines is 1. The number of thiol groups is 1. The number of nitrogens with one attached hydrogen (secondary N) is 1. The molecule has 2 radical (unpaired) electrons. The molecule has 1 aromatic carbocycles. The van der Waals surface area contributed by atoms with Gasteiger partial charge in [-0.1, -0.05) is 17.9 Å². The average Bonchev–Trinajstić information content (AvgIpc) is 2.87. The maximum atomic E-state index is 6.22. The third kappa shape index (κ3) is 3.12. The van der Waals surface area contributed by atoms with Crippen LogP contribution >= 0.6 is 12.8 Å². The number of benzene rings is 1. The summed E-state index contributed by atoms with van der Waals surface area (Å²) in [7, 11) is 8.12. The molecule has 1 unspecified atom stereocenters. The number of aryl methyl sites for hydroxylation is 1. The second-order valence-corrected chi connectivity index (χ2v) is 7.06. The molecule has 2 aromatic rings. The van der Waals surface area contributed by atoms with Gasteiger partial charge in [-0.05, 0) is 64.0 Å². The fraction of sp³-hybridized carbons (Fsp3) is 0.444. The van der Waals surface area contributed by atoms with E-state index < -0.39 is 0 Å². The Hall–Kier alpha value is -1.69. The van der Waals surface area contributed by atoms with Crippen LogP contribution in [0.3, 0.4) is 0 Å². The monoisotopic (exact) mass is 338 g/mol. The molecule has 1 atom stereocenters. The van der Waals surface area contributed by atoms with Crippen LogP contribution in [0.25, 0.3) is 0 Å². The summed E-state index contributed by atoms with van der Waals surface area (Å²) in [6.07, 6.45) is 3.24. The molecule has 0 bridgehead atoms. The number of hydrogen-bond acceptors (Lipinski definition) is 4. The predicted octanol–water partition coefficient (Wildman–Crippen LogP) is 2.99. The van der Waals surface area contributed by atoms with Crippen molar-refractivity contribution in [3.05, 3.63) is 34.6 Å². The lowest BCUT2D eigenvalue weighted by Crippen LogP contribution is -2.14. The van der Waals surface area contributed by atoms with Crippen LogP contribution in [0.2, 0.25) is 0 Å². The van der Waals surface area contributed by atoms with Crippen molar-refractivity contribution >= 4 is 43.2 Å². The van der Waals surface area contributed by atoms with Gasteiger partial charge in [-0.25, -0.2) is 4.09 Å². The van der Waals surface area contributed by atoms with Crippen molar-refractivity contribution in [2.75, 3.05) is 12.4 Å². The Balaban J connectivity index is 2.06. The topological polar surface area (TPSA) is 42.2 Å². The van der Waals surface area contributed by atoms with Crippen molar-refractivity contribution in [3.8, 4) is 0 Å². The first-order chi connectivity index (χ1) is 11.4. The highest BCUT2D eigenvalue weighted by atomic mass is 32.1. The maximum absolute atomic E-state index is 6.22. The summed E-state index contributed by atoms with van der Waals surface area (Å²) in [5.41, 5.74) is 7.83. The van der Waals surface area contributed by atoms with Gasteiger partial charge in [0, 0.05) is 18.3 Å². The standard InChI is InChI=1S/C18H23BN4S/c1-10-5-6-16-14(7-10)18(22-23(16)24)12(3)21-15-9-13(20-4)8-11(2)17(15)19/h8-10,20,24H,5-7H2,1-4H3. The Kier molecular flexibility index (Phi) is 4.77. The number of aliphatic imine (C=N–C) groups is 1. The van der Waals surface area contributed by atoms with Gasteiger partial charge in [0.2, 0.25) is 0 Å². The minimum absolute atomic E-state index is 0.668. The lowest BCUT2D eigenvalue weighted by atomic mass is 9.87. The SMILES string of the molecule is [B]c1c(C)cc(NC)cc1N=C(C)c1nn(S)c2c1CC(C)CC2. The van der Waals surface area contributed by atoms with Crippen LogP contribution in [0.5, 0.6) is 0 Å². The lowest BCUT2D eigenvalue weighted by molar-refractivity contribution is 0.495. The molecule has 24 heavy (non-hydrogen) atoms. The van der Waals surface area contributed by atoms with E-state index in [1.54, 1.807) is 4.09 Å². The van der Waals surface area contributed by atoms with Gasteiger partial charge in [0.1, 0.15) is 13.5 Å². The number of aromatic nitrogens is 2. The van der Waals surface area contributed by atoms with Gasteiger partial charge >= 0.3 is 0 Å². The fourth-order valence-electron chi connectivity index (χ4n) is 3.31. The highest BCUT2D eigenvalue weighted by Crippen LogP contribution is 2.29. The molecule has 4 nitrogen and oxygen atoms in total. The summed E-state index contributed by atoms with van der Waals surface area (Å²) >= 11 is 4.49. The number of hydrogen-bond donors (Lipinski definition) is 2. The van der Waals surface area contributed by atoms with Crippen LogP contribution in [-0.4, -0.2) is 29.8 Å². The van der Waals surface area contributed by atoms with E-state index in [4.69, 9.17) is 12.8 Å². The molecule has 0 saturated heterocycles. The van der Waals surface area contributed by atoms with E-state index in [1.165, 1.54) is 17.7 Å². The quantitative estimate of drug-likeness (QED) is 0.513. The van der Waals surface area contributed by atoms with Crippen LogP contribution in [0.15, 0.2) is 17.1 Å². The summed E-state index contributed by atoms with van der Waals surface area (Å²) < 4.78 is 1.72. The zero-order valence-electron chi connectivity index (χ0n) is 14.7. The fourth-order valence-corrected chi connectivity index (χ4v) is 3.62. The Labute approximate surface area is 150 Å². The molecule has 0 spiro atoms. The van der Waals surface area contributed by atoms with Crippen LogP contribution < -0.4 is 10.8 Å². The smallest absolute Gasteiger partial charge is 0.117 e. The molecule has 1 aromatic heterocycles. The molecule has 0 saturated carbocycles. The van der Waals surface area contributed by atoms with Gasteiger partial charge in [0.15, 0.2) is 0 Å². The summed E-state index contributed by atoms with van der Waals surface area (Å²) in [6, 6.07) is 3.99. The predicted molar refractivity (Wildman–Crippen MR) is 106 cm³/mol. The summed E-state index contributed by atoms with van der Waals surface area (Å²) in [5.74, 6) is 0.668. The second kappa shape index (κ2) is 6.67. The van der Waals surface area contributed by atoms with Crippen molar-refractivity contribution in [1.29, 1.82) is 0 Å². The summed E-state index contributed by atoms with van der Waals surface area (Å²) in [6.45, 7) is 6.28. The van der Waals surface area contributed by atoms with E-state index >= 15 is 0 Å². The van der Waals surface area contributed by atoms with Crippen molar-refractivity contribution < 1.29 is 0 Å². The average molecular weight is 338 g/mol. The lowest BCUT2D eigenvalue weighted by Gasteiger charge is -2.19. The number of rotatable bonds is 3. The number of nitrogens with zero attached hydrogens (tertiary/aromatic N) is 3. The van der Waals surface area contributed by atoms with E-state index in [9.17, 15) is 0 Å². The number of fused-ring (bicyclic) bond motifs is 1. The van der Waals surface area contributed by atoms with Gasteiger partial charge in [-0.15, -0.1) is 0 Å². The van der Waals surface area contributed by atoms with Gasteiger partial charge in [-0.3, -0.25) is 4.99 Å². The van der Waals surface area contributed by atoms with Crippen LogP contribution in [0.4, 0.5) is 11.4 Å². The molecule has 1 N–H and O–H groups in total. The van der Waals surface area contributed by atoms with E-state index in [2.05, 4.69) is 30.2 Å². The molecule has 3 rings (SSSR count). The highest BCUT2D eigenvalue weighted by molar-refractivity contribution is 7.78. The third-order valence-electron chi connectivity index (χ3n) is 4.78. The van der Waals surface area contributed by atoms with Crippen molar-refractivity contribution in [1.82, 2.24) is 9.19 Å². The Bertz CT molecular complexity index is 810. The van der Waals surface area contributed by atoms with Crippen LogP contribution in [0.1, 0.15) is 42.8 Å². The molecule has 0 fully saturated rings. The normalized spacial score (nSPS) is 17.7. The molecule has 1 aliphatic rings. The maximum Gasteiger partial charge on any atom is 0.117 e. The molecule has 6 heteroatoms.